The van der Waals surface area contributed by atoms with Crippen LogP contribution in [0.1, 0.15) is 16.1 Å². The maximum Gasteiger partial charge on any atom is 0.335 e. The van der Waals surface area contributed by atoms with Gasteiger partial charge in [-0.15, -0.1) is 0 Å². The number of carbonyl (C=O) groups is 2. The van der Waals surface area contributed by atoms with E-state index in [-0.39, 0.29) is 16.9 Å². The average molecular weight is 472 g/mol. The lowest BCUT2D eigenvalue weighted by Gasteiger charge is -2.04. The Morgan fingerprint density at radius 2 is 1.86 bits per heavy atom. The van der Waals surface area contributed by atoms with Crippen molar-refractivity contribution in [3.05, 3.63) is 81.0 Å². The van der Waals surface area contributed by atoms with E-state index in [4.69, 9.17) is 21.1 Å². The van der Waals surface area contributed by atoms with E-state index in [1.165, 1.54) is 24.3 Å². The number of furan rings is 1. The standard InChI is InChI=1S/C21H12BrClN2O4/c22-14-2-4-15(5-3-14)25-20(26)13(11-24)9-16-6-8-19(29-16)17-10-12(21(27)28)1-7-18(17)23/h1-10H,(H,25,26)(H,27,28)/b13-9-. The third kappa shape index (κ3) is 4.93. The number of nitrogens with zero attached hydrogens (tertiary/aromatic N) is 1. The van der Waals surface area contributed by atoms with Crippen molar-refractivity contribution in [1.82, 2.24) is 0 Å². The molecule has 2 N–H and O–H groups in total. The van der Waals surface area contributed by atoms with Gasteiger partial charge in [0.25, 0.3) is 5.91 Å². The van der Waals surface area contributed by atoms with Crippen LogP contribution >= 0.6 is 27.5 Å². The van der Waals surface area contributed by atoms with Gasteiger partial charge in [-0.3, -0.25) is 4.79 Å². The smallest absolute Gasteiger partial charge is 0.335 e. The average Bonchev–Trinajstić information content (AvgIpc) is 3.16. The van der Waals surface area contributed by atoms with Gasteiger partial charge < -0.3 is 14.8 Å². The molecule has 0 radical (unpaired) electrons. The van der Waals surface area contributed by atoms with Crippen LogP contribution in [-0.4, -0.2) is 17.0 Å². The molecular formula is C21H12BrClN2O4. The maximum atomic E-state index is 12.3. The third-order valence-electron chi connectivity index (χ3n) is 3.86. The van der Waals surface area contributed by atoms with Crippen LogP contribution in [0.15, 0.2) is 69.1 Å². The molecule has 1 aromatic heterocycles. The number of carboxylic acids is 1. The maximum absolute atomic E-state index is 12.3. The van der Waals surface area contributed by atoms with E-state index in [0.717, 1.165) is 4.47 Å². The van der Waals surface area contributed by atoms with Crippen LogP contribution in [0.4, 0.5) is 5.69 Å². The van der Waals surface area contributed by atoms with Crippen LogP contribution in [-0.2, 0) is 4.79 Å². The number of anilines is 1. The second-order valence-electron chi connectivity index (χ2n) is 5.83. The van der Waals surface area contributed by atoms with E-state index < -0.39 is 11.9 Å². The van der Waals surface area contributed by atoms with Crippen molar-refractivity contribution in [2.45, 2.75) is 0 Å². The Morgan fingerprint density at radius 3 is 2.52 bits per heavy atom. The molecule has 3 aromatic rings. The summed E-state index contributed by atoms with van der Waals surface area (Å²) in [6, 6.07) is 16.1. The lowest BCUT2D eigenvalue weighted by atomic mass is 10.1. The summed E-state index contributed by atoms with van der Waals surface area (Å²) in [6.07, 6.45) is 1.30. The summed E-state index contributed by atoms with van der Waals surface area (Å²) in [7, 11) is 0. The molecule has 0 aliphatic carbocycles. The van der Waals surface area contributed by atoms with Gasteiger partial charge in [0, 0.05) is 21.8 Å². The van der Waals surface area contributed by atoms with E-state index in [0.29, 0.717) is 22.0 Å². The molecule has 0 unspecified atom stereocenters. The van der Waals surface area contributed by atoms with Gasteiger partial charge in [-0.1, -0.05) is 27.5 Å². The van der Waals surface area contributed by atoms with Gasteiger partial charge in [-0.05, 0) is 54.6 Å². The van der Waals surface area contributed by atoms with Crippen molar-refractivity contribution >= 4 is 51.2 Å². The Labute approximate surface area is 179 Å². The number of aromatic carboxylic acids is 1. The predicted octanol–water partition coefficient (Wildman–Crippen LogP) is 5.61. The molecule has 8 heteroatoms. The van der Waals surface area contributed by atoms with Crippen LogP contribution in [0, 0.1) is 11.3 Å². The van der Waals surface area contributed by atoms with Crippen LogP contribution in [0.2, 0.25) is 5.02 Å². The predicted molar refractivity (Wildman–Crippen MR) is 112 cm³/mol. The van der Waals surface area contributed by atoms with Crippen molar-refractivity contribution < 1.29 is 19.1 Å². The molecule has 2 aromatic carbocycles. The number of hydrogen-bond acceptors (Lipinski definition) is 4. The van der Waals surface area contributed by atoms with Crippen molar-refractivity contribution in [2.24, 2.45) is 0 Å². The third-order valence-corrected chi connectivity index (χ3v) is 4.72. The lowest BCUT2D eigenvalue weighted by molar-refractivity contribution is -0.112. The summed E-state index contributed by atoms with van der Waals surface area (Å²) in [5.74, 6) is -1.11. The molecule has 144 valence electrons. The molecule has 0 aliphatic rings. The Morgan fingerprint density at radius 1 is 1.14 bits per heavy atom. The van der Waals surface area contributed by atoms with Crippen LogP contribution in [0.3, 0.4) is 0 Å². The van der Waals surface area contributed by atoms with Crippen molar-refractivity contribution in [2.75, 3.05) is 5.32 Å². The fourth-order valence-electron chi connectivity index (χ4n) is 2.44. The summed E-state index contributed by atoms with van der Waals surface area (Å²) >= 11 is 9.45. The molecule has 6 nitrogen and oxygen atoms in total. The molecule has 0 spiro atoms. The molecule has 0 atom stereocenters. The van der Waals surface area contributed by atoms with Crippen LogP contribution in [0.25, 0.3) is 17.4 Å². The van der Waals surface area contributed by atoms with Crippen LogP contribution < -0.4 is 5.32 Å². The molecule has 0 saturated heterocycles. The second-order valence-corrected chi connectivity index (χ2v) is 7.16. The molecule has 0 saturated carbocycles. The fourth-order valence-corrected chi connectivity index (χ4v) is 2.92. The van der Waals surface area contributed by atoms with Crippen molar-refractivity contribution in [3.8, 4) is 17.4 Å². The zero-order valence-corrected chi connectivity index (χ0v) is 17.0. The van der Waals surface area contributed by atoms with E-state index >= 15 is 0 Å². The molecule has 0 aliphatic heterocycles. The largest absolute Gasteiger partial charge is 0.478 e. The summed E-state index contributed by atoms with van der Waals surface area (Å²) in [6.45, 7) is 0. The van der Waals surface area contributed by atoms with E-state index in [1.54, 1.807) is 36.4 Å². The topological polar surface area (TPSA) is 103 Å². The first kappa shape index (κ1) is 20.4. The minimum Gasteiger partial charge on any atom is -0.478 e. The first-order valence-corrected chi connectivity index (χ1v) is 9.36. The molecule has 0 bridgehead atoms. The van der Waals surface area contributed by atoms with Gasteiger partial charge >= 0.3 is 5.97 Å². The minimum absolute atomic E-state index is 0.0597. The number of carbonyl (C=O) groups excluding carboxylic acids is 1. The highest BCUT2D eigenvalue weighted by Crippen LogP contribution is 2.31. The van der Waals surface area contributed by atoms with Crippen LogP contribution in [0.5, 0.6) is 0 Å². The monoisotopic (exact) mass is 470 g/mol. The summed E-state index contributed by atoms with van der Waals surface area (Å²) in [5.41, 5.74) is 0.837. The quantitative estimate of drug-likeness (QED) is 0.372. The molecule has 1 heterocycles. The fraction of sp³-hybridized carbons (Fsp3) is 0. The molecule has 3 rings (SSSR count). The van der Waals surface area contributed by atoms with Crippen molar-refractivity contribution in [3.63, 3.8) is 0 Å². The van der Waals surface area contributed by atoms with Gasteiger partial charge in [-0.2, -0.15) is 5.26 Å². The number of hydrogen-bond donors (Lipinski definition) is 2. The molecule has 1 amide bonds. The number of amides is 1. The Bertz CT molecular complexity index is 1160. The highest BCUT2D eigenvalue weighted by Gasteiger charge is 2.14. The SMILES string of the molecule is N#C/C(=C/c1ccc(-c2cc(C(=O)O)ccc2Cl)o1)C(=O)Nc1ccc(Br)cc1. The number of rotatable bonds is 5. The molecular weight excluding hydrogens is 460 g/mol. The minimum atomic E-state index is -1.09. The van der Waals surface area contributed by atoms with E-state index in [9.17, 15) is 14.9 Å². The first-order chi connectivity index (χ1) is 13.9. The summed E-state index contributed by atoms with van der Waals surface area (Å²) < 4.78 is 6.50. The normalized spacial score (nSPS) is 11.0. The highest BCUT2D eigenvalue weighted by atomic mass is 79.9. The number of nitrogens with one attached hydrogen (secondary N) is 1. The van der Waals surface area contributed by atoms with Gasteiger partial charge in [-0.25, -0.2) is 4.79 Å². The second kappa shape index (κ2) is 8.78. The van der Waals surface area contributed by atoms with E-state index in [2.05, 4.69) is 21.2 Å². The van der Waals surface area contributed by atoms with E-state index in [1.807, 2.05) is 6.07 Å². The summed E-state index contributed by atoms with van der Waals surface area (Å²) in [4.78, 5) is 23.5. The number of halogens is 2. The van der Waals surface area contributed by atoms with Crippen molar-refractivity contribution in [1.29, 1.82) is 5.26 Å². The van der Waals surface area contributed by atoms with Gasteiger partial charge in [0.05, 0.1) is 10.6 Å². The zero-order chi connectivity index (χ0) is 21.0. The van der Waals surface area contributed by atoms with Gasteiger partial charge in [0.2, 0.25) is 0 Å². The zero-order valence-electron chi connectivity index (χ0n) is 14.6. The Balaban J connectivity index is 1.85. The molecule has 29 heavy (non-hydrogen) atoms. The lowest BCUT2D eigenvalue weighted by Crippen LogP contribution is -2.13. The number of nitriles is 1. The Kier molecular flexibility index (Phi) is 6.17. The summed E-state index contributed by atoms with van der Waals surface area (Å²) in [5, 5.41) is 21.4. The first-order valence-electron chi connectivity index (χ1n) is 8.19. The van der Waals surface area contributed by atoms with Gasteiger partial charge in [0.1, 0.15) is 23.2 Å². The number of carboxylic acid groups (broad SMARTS) is 1. The Hall–Kier alpha value is -3.34. The van der Waals surface area contributed by atoms with Gasteiger partial charge in [0.15, 0.2) is 0 Å². The highest BCUT2D eigenvalue weighted by molar-refractivity contribution is 9.10. The molecule has 0 fully saturated rings. The number of benzene rings is 2.